The first-order valence-corrected chi connectivity index (χ1v) is 4.53. The molecule has 0 atom stereocenters. The summed E-state index contributed by atoms with van der Waals surface area (Å²) in [6, 6.07) is 9.07. The van der Waals surface area contributed by atoms with E-state index < -0.39 is 10.9 Å². The Morgan fingerprint density at radius 3 is 2.33 bits per heavy atom. The van der Waals surface area contributed by atoms with Crippen LogP contribution in [0.2, 0.25) is 0 Å². The summed E-state index contributed by atoms with van der Waals surface area (Å²) in [5.41, 5.74) is 1.17. The van der Waals surface area contributed by atoms with Crippen LogP contribution in [-0.4, -0.2) is 8.42 Å². The zero-order valence-corrected chi connectivity index (χ0v) is 7.25. The van der Waals surface area contributed by atoms with Gasteiger partial charge in [-0.2, -0.15) is 0 Å². The molecule has 1 aromatic carbocycles. The Kier molecular flexibility index (Phi) is 2.88. The van der Waals surface area contributed by atoms with Gasteiger partial charge in [-0.15, -0.1) is 0 Å². The van der Waals surface area contributed by atoms with Crippen LogP contribution in [0.15, 0.2) is 36.9 Å². The first kappa shape index (κ1) is 8.80. The minimum atomic E-state index is -2.61. The van der Waals surface area contributed by atoms with Gasteiger partial charge in [0.15, 0.2) is 0 Å². The highest BCUT2D eigenvalue weighted by Crippen LogP contribution is 2.07. The lowest BCUT2D eigenvalue weighted by Gasteiger charge is -2.01. The quantitative estimate of drug-likeness (QED) is 0.680. The molecule has 0 heterocycles. The van der Waals surface area contributed by atoms with Gasteiger partial charge in [-0.3, -0.25) is 4.72 Å². The van der Waals surface area contributed by atoms with E-state index in [1.807, 2.05) is 18.2 Å². The van der Waals surface area contributed by atoms with Crippen LogP contribution in [0.25, 0.3) is 5.70 Å². The lowest BCUT2D eigenvalue weighted by atomic mass is 10.2. The van der Waals surface area contributed by atoms with Crippen molar-refractivity contribution in [1.82, 2.24) is 4.72 Å². The average Bonchev–Trinajstić information content (AvgIpc) is 2.05. The molecule has 0 amide bonds. The van der Waals surface area contributed by atoms with E-state index in [-0.39, 0.29) is 0 Å². The number of benzene rings is 1. The Labute approximate surface area is 72.8 Å². The number of hydrogen-bond donors (Lipinski definition) is 2. The van der Waals surface area contributed by atoms with E-state index in [9.17, 15) is 8.42 Å². The molecule has 64 valence electrons. The number of nitrogens with one attached hydrogen (secondary N) is 1. The Morgan fingerprint density at radius 1 is 1.25 bits per heavy atom. The predicted octanol–water partition coefficient (Wildman–Crippen LogP) is 0.773. The van der Waals surface area contributed by atoms with Gasteiger partial charge in [-0.05, 0) is 5.56 Å². The lowest BCUT2D eigenvalue weighted by molar-refractivity contribution is 0.611. The van der Waals surface area contributed by atoms with Gasteiger partial charge in [0, 0.05) is 5.70 Å². The van der Waals surface area contributed by atoms with Gasteiger partial charge in [0.2, 0.25) is 10.9 Å². The topological polar surface area (TPSA) is 46.2 Å². The van der Waals surface area contributed by atoms with Crippen molar-refractivity contribution in [2.24, 2.45) is 0 Å². The van der Waals surface area contributed by atoms with E-state index in [0.29, 0.717) is 5.70 Å². The Morgan fingerprint density at radius 2 is 1.83 bits per heavy atom. The molecule has 0 aliphatic carbocycles. The molecule has 0 bridgehead atoms. The van der Waals surface area contributed by atoms with Gasteiger partial charge in [0.05, 0.1) is 0 Å². The Hall–Kier alpha value is -1.29. The summed E-state index contributed by atoms with van der Waals surface area (Å²) in [5.74, 6) is 0. The Balaban J connectivity index is 2.79. The second-order valence-corrected chi connectivity index (χ2v) is 2.95. The highest BCUT2D eigenvalue weighted by molar-refractivity contribution is 7.70. The largest absolute Gasteiger partial charge is 0.286 e. The van der Waals surface area contributed by atoms with Crippen LogP contribution in [0.3, 0.4) is 0 Å². The molecule has 0 aromatic heterocycles. The minimum absolute atomic E-state index is 0.395. The standard InChI is InChI=1S/C8H9NO2S/c1-7(9-12(10)11)8-5-3-2-4-6-8/h2-6,12H,1H2,(H,9,10,11). The molecule has 3 nitrogen and oxygen atoms in total. The number of rotatable bonds is 3. The summed E-state index contributed by atoms with van der Waals surface area (Å²) < 4.78 is 22.7. The molecule has 0 aliphatic rings. The van der Waals surface area contributed by atoms with Crippen LogP contribution < -0.4 is 4.72 Å². The van der Waals surface area contributed by atoms with Crippen LogP contribution in [0.1, 0.15) is 5.56 Å². The molecule has 1 aromatic rings. The molecule has 0 aliphatic heterocycles. The fourth-order valence-corrected chi connectivity index (χ4v) is 1.16. The summed E-state index contributed by atoms with van der Waals surface area (Å²) in [6.07, 6.45) is 0. The van der Waals surface area contributed by atoms with Crippen molar-refractivity contribution in [2.75, 3.05) is 0 Å². The molecule has 1 rings (SSSR count). The molecule has 0 radical (unpaired) electrons. The molecular formula is C8H9NO2S. The van der Waals surface area contributed by atoms with Crippen molar-refractivity contribution in [3.05, 3.63) is 42.5 Å². The molecule has 0 saturated heterocycles. The second-order valence-electron chi connectivity index (χ2n) is 2.21. The normalized spacial score (nSPS) is 9.75. The van der Waals surface area contributed by atoms with Crippen molar-refractivity contribution < 1.29 is 8.42 Å². The van der Waals surface area contributed by atoms with E-state index >= 15 is 0 Å². The highest BCUT2D eigenvalue weighted by atomic mass is 32.2. The first-order chi connectivity index (χ1) is 5.70. The maximum atomic E-state index is 10.2. The zero-order valence-electron chi connectivity index (χ0n) is 6.36. The van der Waals surface area contributed by atoms with E-state index in [0.717, 1.165) is 5.56 Å². The molecular weight excluding hydrogens is 174 g/mol. The highest BCUT2D eigenvalue weighted by Gasteiger charge is 1.95. The van der Waals surface area contributed by atoms with E-state index in [2.05, 4.69) is 11.3 Å². The molecule has 0 unspecified atom stereocenters. The Bertz CT molecular complexity index is 335. The third-order valence-corrected chi connectivity index (χ3v) is 1.80. The zero-order chi connectivity index (χ0) is 8.97. The first-order valence-electron chi connectivity index (χ1n) is 3.35. The van der Waals surface area contributed by atoms with Crippen LogP contribution in [-0.2, 0) is 10.9 Å². The fourth-order valence-electron chi connectivity index (χ4n) is 0.814. The summed E-state index contributed by atoms with van der Waals surface area (Å²) in [7, 11) is -2.61. The SMILES string of the molecule is C=C(N[SH](=O)=O)c1ccccc1. The van der Waals surface area contributed by atoms with E-state index in [1.165, 1.54) is 0 Å². The van der Waals surface area contributed by atoms with Crippen LogP contribution in [0, 0.1) is 0 Å². The van der Waals surface area contributed by atoms with Crippen molar-refractivity contribution in [2.45, 2.75) is 0 Å². The third kappa shape index (κ3) is 2.39. The summed E-state index contributed by atoms with van der Waals surface area (Å²) in [5, 5.41) is 0. The fraction of sp³-hybridized carbons (Fsp3) is 0. The van der Waals surface area contributed by atoms with Crippen LogP contribution in [0.4, 0.5) is 0 Å². The maximum absolute atomic E-state index is 10.2. The third-order valence-electron chi connectivity index (χ3n) is 1.35. The monoisotopic (exact) mass is 183 g/mol. The average molecular weight is 183 g/mol. The maximum Gasteiger partial charge on any atom is 0.222 e. The van der Waals surface area contributed by atoms with Gasteiger partial charge in [0.1, 0.15) is 0 Å². The van der Waals surface area contributed by atoms with E-state index in [4.69, 9.17) is 0 Å². The van der Waals surface area contributed by atoms with E-state index in [1.54, 1.807) is 12.1 Å². The molecule has 1 N–H and O–H groups in total. The van der Waals surface area contributed by atoms with Crippen LogP contribution in [0.5, 0.6) is 0 Å². The van der Waals surface area contributed by atoms with Gasteiger partial charge < -0.3 is 0 Å². The molecule has 12 heavy (non-hydrogen) atoms. The smallest absolute Gasteiger partial charge is 0.222 e. The lowest BCUT2D eigenvalue weighted by Crippen LogP contribution is -2.07. The van der Waals surface area contributed by atoms with Crippen molar-refractivity contribution in [1.29, 1.82) is 0 Å². The molecule has 0 spiro atoms. The summed E-state index contributed by atoms with van der Waals surface area (Å²) in [6.45, 7) is 3.57. The van der Waals surface area contributed by atoms with Crippen molar-refractivity contribution in [3.8, 4) is 0 Å². The van der Waals surface area contributed by atoms with Crippen LogP contribution >= 0.6 is 0 Å². The summed E-state index contributed by atoms with van der Waals surface area (Å²) >= 11 is 0. The van der Waals surface area contributed by atoms with Crippen molar-refractivity contribution in [3.63, 3.8) is 0 Å². The number of hydrogen-bond acceptors (Lipinski definition) is 2. The number of thiol groups is 1. The van der Waals surface area contributed by atoms with Gasteiger partial charge >= 0.3 is 0 Å². The van der Waals surface area contributed by atoms with Gasteiger partial charge in [-0.25, -0.2) is 8.42 Å². The van der Waals surface area contributed by atoms with Gasteiger partial charge in [-0.1, -0.05) is 36.9 Å². The predicted molar refractivity (Wildman–Crippen MR) is 48.9 cm³/mol. The van der Waals surface area contributed by atoms with Crippen molar-refractivity contribution >= 4 is 16.6 Å². The molecule has 0 saturated carbocycles. The summed E-state index contributed by atoms with van der Waals surface area (Å²) in [4.78, 5) is 0. The van der Waals surface area contributed by atoms with Gasteiger partial charge in [0.25, 0.3) is 0 Å². The molecule has 4 heteroatoms. The minimum Gasteiger partial charge on any atom is -0.286 e. The molecule has 0 fully saturated rings. The second kappa shape index (κ2) is 3.92.